The van der Waals surface area contributed by atoms with Crippen LogP contribution in [0.15, 0.2) is 54.6 Å². The summed E-state index contributed by atoms with van der Waals surface area (Å²) < 4.78 is 0. The second kappa shape index (κ2) is 7.60. The Morgan fingerprint density at radius 1 is 1.12 bits per heavy atom. The summed E-state index contributed by atoms with van der Waals surface area (Å²) in [6.45, 7) is 4.26. The van der Waals surface area contributed by atoms with E-state index in [4.69, 9.17) is 5.11 Å². The molecule has 4 rings (SSSR count). The summed E-state index contributed by atoms with van der Waals surface area (Å²) >= 11 is 0. The third-order valence-electron chi connectivity index (χ3n) is 5.66. The first kappa shape index (κ1) is 17.3. The molecule has 1 saturated heterocycles. The molecule has 1 heterocycles. The number of aromatic carboxylic acids is 1. The molecule has 2 fully saturated rings. The van der Waals surface area contributed by atoms with Crippen LogP contribution in [0, 0.1) is 5.92 Å². The highest BCUT2D eigenvalue weighted by atomic mass is 16.4. The van der Waals surface area contributed by atoms with Gasteiger partial charge in [0.15, 0.2) is 0 Å². The molecule has 1 aliphatic heterocycles. The van der Waals surface area contributed by atoms with Crippen LogP contribution in [0.3, 0.4) is 0 Å². The maximum Gasteiger partial charge on any atom is 0.335 e. The van der Waals surface area contributed by atoms with E-state index in [0.29, 0.717) is 23.4 Å². The Balaban J connectivity index is 1.20. The van der Waals surface area contributed by atoms with E-state index in [9.17, 15) is 4.79 Å². The van der Waals surface area contributed by atoms with Crippen molar-refractivity contribution in [1.82, 2.24) is 10.2 Å². The van der Waals surface area contributed by atoms with Crippen molar-refractivity contribution in [1.29, 1.82) is 0 Å². The van der Waals surface area contributed by atoms with Crippen LogP contribution in [0.1, 0.15) is 40.2 Å². The van der Waals surface area contributed by atoms with Gasteiger partial charge in [-0.05, 0) is 55.1 Å². The van der Waals surface area contributed by atoms with E-state index in [1.54, 1.807) is 12.1 Å². The van der Waals surface area contributed by atoms with Gasteiger partial charge in [0.25, 0.3) is 0 Å². The molecule has 136 valence electrons. The van der Waals surface area contributed by atoms with Crippen molar-refractivity contribution in [3.8, 4) is 0 Å². The van der Waals surface area contributed by atoms with Crippen LogP contribution in [0.5, 0.6) is 0 Å². The lowest BCUT2D eigenvalue weighted by Gasteiger charge is -2.16. The third-order valence-corrected chi connectivity index (χ3v) is 5.66. The summed E-state index contributed by atoms with van der Waals surface area (Å²) in [4.78, 5) is 13.4. The minimum absolute atomic E-state index is 0.356. The fourth-order valence-corrected chi connectivity index (χ4v) is 4.04. The molecule has 1 saturated carbocycles. The molecule has 0 radical (unpaired) electrons. The maximum atomic E-state index is 10.9. The van der Waals surface area contributed by atoms with Gasteiger partial charge in [-0.1, -0.05) is 42.5 Å². The van der Waals surface area contributed by atoms with Crippen LogP contribution in [0.4, 0.5) is 0 Å². The van der Waals surface area contributed by atoms with Gasteiger partial charge in [-0.3, -0.25) is 4.90 Å². The van der Waals surface area contributed by atoms with Crippen molar-refractivity contribution in [2.24, 2.45) is 5.92 Å². The highest BCUT2D eigenvalue weighted by Crippen LogP contribution is 2.40. The predicted molar refractivity (Wildman–Crippen MR) is 102 cm³/mol. The number of benzene rings is 2. The lowest BCUT2D eigenvalue weighted by molar-refractivity contribution is 0.0697. The van der Waals surface area contributed by atoms with Gasteiger partial charge < -0.3 is 10.4 Å². The van der Waals surface area contributed by atoms with E-state index >= 15 is 0 Å². The van der Waals surface area contributed by atoms with Crippen molar-refractivity contribution in [2.75, 3.05) is 19.6 Å². The van der Waals surface area contributed by atoms with Gasteiger partial charge in [0.05, 0.1) is 5.56 Å². The number of hydrogen-bond acceptors (Lipinski definition) is 3. The molecule has 1 aliphatic carbocycles. The monoisotopic (exact) mass is 350 g/mol. The highest BCUT2D eigenvalue weighted by molar-refractivity contribution is 5.87. The molecule has 4 heteroatoms. The Morgan fingerprint density at radius 3 is 2.62 bits per heavy atom. The topological polar surface area (TPSA) is 52.6 Å². The van der Waals surface area contributed by atoms with Crippen LogP contribution >= 0.6 is 0 Å². The molecule has 2 aromatic rings. The van der Waals surface area contributed by atoms with Crippen molar-refractivity contribution in [3.63, 3.8) is 0 Å². The molecule has 4 nitrogen and oxygen atoms in total. The number of carbonyl (C=O) groups is 1. The zero-order valence-electron chi connectivity index (χ0n) is 15.0. The van der Waals surface area contributed by atoms with E-state index < -0.39 is 5.97 Å². The van der Waals surface area contributed by atoms with E-state index in [1.165, 1.54) is 24.0 Å². The molecule has 0 amide bonds. The first-order valence-corrected chi connectivity index (χ1v) is 9.52. The summed E-state index contributed by atoms with van der Waals surface area (Å²) in [5.74, 6) is 0.546. The summed E-state index contributed by atoms with van der Waals surface area (Å²) in [6.07, 6.45) is 2.50. The molecule has 0 spiro atoms. The first-order chi connectivity index (χ1) is 12.7. The zero-order valence-corrected chi connectivity index (χ0v) is 15.0. The molecular formula is C22H26N2O2. The maximum absolute atomic E-state index is 10.9. The molecule has 1 unspecified atom stereocenters. The minimum Gasteiger partial charge on any atom is -0.478 e. The van der Waals surface area contributed by atoms with E-state index in [2.05, 4.69) is 40.5 Å². The van der Waals surface area contributed by atoms with Gasteiger partial charge >= 0.3 is 5.97 Å². The molecule has 2 N–H and O–H groups in total. The van der Waals surface area contributed by atoms with Crippen LogP contribution < -0.4 is 5.32 Å². The number of nitrogens with zero attached hydrogens (tertiary/aromatic N) is 1. The molecule has 26 heavy (non-hydrogen) atoms. The quantitative estimate of drug-likeness (QED) is 0.804. The Hall–Kier alpha value is -2.17. The standard InChI is InChI=1S/C22H26N2O2/c25-22(26)19-8-6-16(7-9-19)14-24-11-10-17(15-24)13-23-21-12-20(21)18-4-2-1-3-5-18/h1-9,17,20-21,23H,10-15H2,(H,25,26)/t17?,20-,21+/m0/s1. The van der Waals surface area contributed by atoms with Crippen molar-refractivity contribution in [3.05, 3.63) is 71.3 Å². The molecule has 2 aliphatic rings. The lowest BCUT2D eigenvalue weighted by Crippen LogP contribution is -2.28. The molecular weight excluding hydrogens is 324 g/mol. The normalized spacial score (nSPS) is 25.3. The van der Waals surface area contributed by atoms with Crippen LogP contribution in [0.2, 0.25) is 0 Å². The van der Waals surface area contributed by atoms with Crippen LogP contribution in [-0.2, 0) is 6.54 Å². The minimum atomic E-state index is -0.863. The van der Waals surface area contributed by atoms with Gasteiger partial charge in [-0.2, -0.15) is 0 Å². The summed E-state index contributed by atoms with van der Waals surface area (Å²) in [5.41, 5.74) is 3.01. The average Bonchev–Trinajstić information content (AvgIpc) is 3.32. The zero-order chi connectivity index (χ0) is 17.9. The Labute approximate surface area is 154 Å². The number of rotatable bonds is 7. The van der Waals surface area contributed by atoms with Crippen molar-refractivity contribution < 1.29 is 9.90 Å². The molecule has 3 atom stereocenters. The number of likely N-dealkylation sites (tertiary alicyclic amines) is 1. The second-order valence-corrected chi connectivity index (χ2v) is 7.66. The van der Waals surface area contributed by atoms with Crippen LogP contribution in [0.25, 0.3) is 0 Å². The van der Waals surface area contributed by atoms with E-state index in [1.807, 2.05) is 12.1 Å². The Morgan fingerprint density at radius 2 is 1.88 bits per heavy atom. The highest BCUT2D eigenvalue weighted by Gasteiger charge is 2.38. The predicted octanol–water partition coefficient (Wildman–Crippen LogP) is 3.35. The SMILES string of the molecule is O=C(O)c1ccc(CN2CCC(CN[C@@H]3C[C@H]3c3ccccc3)C2)cc1. The Kier molecular flexibility index (Phi) is 5.05. The molecule has 2 aromatic carbocycles. The van der Waals surface area contributed by atoms with Crippen molar-refractivity contribution >= 4 is 5.97 Å². The van der Waals surface area contributed by atoms with E-state index in [-0.39, 0.29) is 0 Å². The number of carboxylic acids is 1. The summed E-state index contributed by atoms with van der Waals surface area (Å²) in [7, 11) is 0. The molecule has 0 aromatic heterocycles. The summed E-state index contributed by atoms with van der Waals surface area (Å²) in [5, 5.41) is 12.7. The molecule has 0 bridgehead atoms. The first-order valence-electron chi connectivity index (χ1n) is 9.52. The van der Waals surface area contributed by atoms with Gasteiger partial charge in [0.2, 0.25) is 0 Å². The number of carboxylic acid groups (broad SMARTS) is 1. The largest absolute Gasteiger partial charge is 0.478 e. The Bertz CT molecular complexity index is 744. The fourth-order valence-electron chi connectivity index (χ4n) is 4.04. The lowest BCUT2D eigenvalue weighted by atomic mass is 10.1. The third kappa shape index (κ3) is 4.14. The number of nitrogens with one attached hydrogen (secondary N) is 1. The van der Waals surface area contributed by atoms with Gasteiger partial charge in [-0.15, -0.1) is 0 Å². The van der Waals surface area contributed by atoms with E-state index in [0.717, 1.165) is 26.2 Å². The fraction of sp³-hybridized carbons (Fsp3) is 0.409. The van der Waals surface area contributed by atoms with Crippen molar-refractivity contribution in [2.45, 2.75) is 31.3 Å². The van der Waals surface area contributed by atoms with Gasteiger partial charge in [0.1, 0.15) is 0 Å². The van der Waals surface area contributed by atoms with Gasteiger partial charge in [-0.25, -0.2) is 4.79 Å². The smallest absolute Gasteiger partial charge is 0.335 e. The number of hydrogen-bond donors (Lipinski definition) is 2. The average molecular weight is 350 g/mol. The summed E-state index contributed by atoms with van der Waals surface area (Å²) in [6, 6.07) is 18.7. The second-order valence-electron chi connectivity index (χ2n) is 7.66. The van der Waals surface area contributed by atoms with Crippen LogP contribution in [-0.4, -0.2) is 41.7 Å². The van der Waals surface area contributed by atoms with Gasteiger partial charge in [0, 0.05) is 25.0 Å².